The number of rotatable bonds is 6. The summed E-state index contributed by atoms with van der Waals surface area (Å²) < 4.78 is 8.55. The van der Waals surface area contributed by atoms with E-state index in [1.165, 1.54) is 5.56 Å². The summed E-state index contributed by atoms with van der Waals surface area (Å²) in [6.45, 7) is 0.676. The van der Waals surface area contributed by atoms with Crippen LogP contribution in [0.2, 0.25) is 0 Å². The molecular formula is C19H20BrN3O. The molecular weight excluding hydrogens is 366 g/mol. The Morgan fingerprint density at radius 2 is 2.00 bits per heavy atom. The van der Waals surface area contributed by atoms with Gasteiger partial charge in [0, 0.05) is 36.0 Å². The van der Waals surface area contributed by atoms with E-state index in [2.05, 4.69) is 44.4 Å². The van der Waals surface area contributed by atoms with Crippen LogP contribution < -0.4 is 10.1 Å². The molecule has 0 saturated heterocycles. The number of hydrogen-bond acceptors (Lipinski definition) is 3. The predicted molar refractivity (Wildman–Crippen MR) is 99.0 cm³/mol. The molecule has 2 aromatic carbocycles. The van der Waals surface area contributed by atoms with E-state index in [9.17, 15) is 0 Å². The van der Waals surface area contributed by atoms with E-state index in [1.54, 1.807) is 7.11 Å². The van der Waals surface area contributed by atoms with Gasteiger partial charge in [0.25, 0.3) is 0 Å². The monoisotopic (exact) mass is 385 g/mol. The van der Waals surface area contributed by atoms with Crippen LogP contribution in [0, 0.1) is 0 Å². The lowest BCUT2D eigenvalue weighted by atomic mass is 10.1. The van der Waals surface area contributed by atoms with Crippen molar-refractivity contribution in [3.8, 4) is 5.75 Å². The molecule has 0 aliphatic carbocycles. The van der Waals surface area contributed by atoms with Crippen LogP contribution in [0.3, 0.4) is 0 Å². The third kappa shape index (κ3) is 3.68. The van der Waals surface area contributed by atoms with Gasteiger partial charge < -0.3 is 9.30 Å². The molecule has 0 saturated carbocycles. The SMILES string of the molecule is COc1ccc(Br)cc1CN[C@@H](c1ccccc1)c1nccn1C. The molecule has 3 rings (SSSR count). The fraction of sp³-hybridized carbons (Fsp3) is 0.211. The van der Waals surface area contributed by atoms with E-state index < -0.39 is 0 Å². The molecule has 0 amide bonds. The van der Waals surface area contributed by atoms with Gasteiger partial charge in [0.15, 0.2) is 0 Å². The standard InChI is InChI=1S/C19H20BrN3O/c1-23-11-10-21-19(23)18(14-6-4-3-5-7-14)22-13-15-12-16(20)8-9-17(15)24-2/h3-12,18,22H,13H2,1-2H3/t18-/m0/s1. The minimum atomic E-state index is 0.00916. The summed E-state index contributed by atoms with van der Waals surface area (Å²) >= 11 is 3.53. The molecule has 0 spiro atoms. The first-order valence-electron chi connectivity index (χ1n) is 7.77. The van der Waals surface area contributed by atoms with Gasteiger partial charge in [-0.25, -0.2) is 4.98 Å². The fourth-order valence-corrected chi connectivity index (χ4v) is 3.16. The maximum atomic E-state index is 5.47. The molecule has 0 fully saturated rings. The van der Waals surface area contributed by atoms with Crippen LogP contribution in [0.4, 0.5) is 0 Å². The van der Waals surface area contributed by atoms with Crippen molar-refractivity contribution >= 4 is 15.9 Å². The van der Waals surface area contributed by atoms with Gasteiger partial charge in [0.1, 0.15) is 11.6 Å². The van der Waals surface area contributed by atoms with Gasteiger partial charge in [-0.15, -0.1) is 0 Å². The molecule has 5 heteroatoms. The average molecular weight is 386 g/mol. The van der Waals surface area contributed by atoms with Crippen LogP contribution in [0.25, 0.3) is 0 Å². The van der Waals surface area contributed by atoms with E-state index in [-0.39, 0.29) is 6.04 Å². The maximum absolute atomic E-state index is 5.47. The van der Waals surface area contributed by atoms with E-state index in [0.717, 1.165) is 21.6 Å². The molecule has 1 heterocycles. The lowest BCUT2D eigenvalue weighted by molar-refractivity contribution is 0.406. The number of nitrogens with zero attached hydrogens (tertiary/aromatic N) is 2. The Morgan fingerprint density at radius 1 is 1.21 bits per heavy atom. The first kappa shape index (κ1) is 16.7. The summed E-state index contributed by atoms with van der Waals surface area (Å²) in [7, 11) is 3.71. The molecule has 0 bridgehead atoms. The molecule has 1 aromatic heterocycles. The molecule has 0 aliphatic rings. The number of methoxy groups -OCH3 is 1. The summed E-state index contributed by atoms with van der Waals surface area (Å²) in [6.07, 6.45) is 3.79. The van der Waals surface area contributed by atoms with Gasteiger partial charge in [0.2, 0.25) is 0 Å². The molecule has 4 nitrogen and oxygen atoms in total. The molecule has 1 atom stereocenters. The van der Waals surface area contributed by atoms with Gasteiger partial charge in [-0.3, -0.25) is 5.32 Å². The van der Waals surface area contributed by atoms with Crippen molar-refractivity contribution < 1.29 is 4.74 Å². The van der Waals surface area contributed by atoms with Crippen molar-refractivity contribution in [1.82, 2.24) is 14.9 Å². The number of aryl methyl sites for hydroxylation is 1. The number of ether oxygens (including phenoxy) is 1. The Morgan fingerprint density at radius 3 is 2.67 bits per heavy atom. The van der Waals surface area contributed by atoms with Gasteiger partial charge in [-0.05, 0) is 23.8 Å². The smallest absolute Gasteiger partial charge is 0.130 e. The number of imidazole rings is 1. The first-order valence-corrected chi connectivity index (χ1v) is 8.56. The Hall–Kier alpha value is -2.11. The zero-order chi connectivity index (χ0) is 16.9. The maximum Gasteiger partial charge on any atom is 0.130 e. The number of nitrogens with one attached hydrogen (secondary N) is 1. The third-order valence-electron chi connectivity index (χ3n) is 3.99. The molecule has 0 aliphatic heterocycles. The highest BCUT2D eigenvalue weighted by Gasteiger charge is 2.18. The van der Waals surface area contributed by atoms with Crippen molar-refractivity contribution in [2.45, 2.75) is 12.6 Å². The second-order valence-corrected chi connectivity index (χ2v) is 6.49. The summed E-state index contributed by atoms with van der Waals surface area (Å²) in [4.78, 5) is 4.52. The van der Waals surface area contributed by atoms with E-state index in [0.29, 0.717) is 6.54 Å². The zero-order valence-electron chi connectivity index (χ0n) is 13.7. The summed E-state index contributed by atoms with van der Waals surface area (Å²) in [5.74, 6) is 1.85. The first-order chi connectivity index (χ1) is 11.7. The van der Waals surface area contributed by atoms with Gasteiger partial charge in [-0.1, -0.05) is 46.3 Å². The minimum Gasteiger partial charge on any atom is -0.496 e. The van der Waals surface area contributed by atoms with Crippen molar-refractivity contribution in [1.29, 1.82) is 0 Å². The molecule has 0 radical (unpaired) electrons. The second kappa shape index (κ2) is 7.64. The lowest BCUT2D eigenvalue weighted by Gasteiger charge is -2.20. The minimum absolute atomic E-state index is 0.00916. The average Bonchev–Trinajstić information content (AvgIpc) is 3.02. The molecule has 124 valence electrons. The predicted octanol–water partition coefficient (Wildman–Crippen LogP) is 4.07. The fourth-order valence-electron chi connectivity index (χ4n) is 2.76. The van der Waals surface area contributed by atoms with Crippen LogP contribution in [-0.2, 0) is 13.6 Å². The molecule has 3 aromatic rings. The third-order valence-corrected chi connectivity index (χ3v) is 4.48. The Kier molecular flexibility index (Phi) is 5.33. The van der Waals surface area contributed by atoms with Crippen LogP contribution in [0.15, 0.2) is 65.4 Å². The number of benzene rings is 2. The second-order valence-electron chi connectivity index (χ2n) is 5.58. The Bertz CT molecular complexity index is 801. The highest BCUT2D eigenvalue weighted by molar-refractivity contribution is 9.10. The lowest BCUT2D eigenvalue weighted by Crippen LogP contribution is -2.25. The van der Waals surface area contributed by atoms with Gasteiger partial charge in [0.05, 0.1) is 13.2 Å². The summed E-state index contributed by atoms with van der Waals surface area (Å²) in [6, 6.07) is 16.4. The topological polar surface area (TPSA) is 39.1 Å². The largest absolute Gasteiger partial charge is 0.496 e. The quantitative estimate of drug-likeness (QED) is 0.694. The van der Waals surface area contributed by atoms with E-state index >= 15 is 0 Å². The number of hydrogen-bond donors (Lipinski definition) is 1. The molecule has 1 N–H and O–H groups in total. The summed E-state index contributed by atoms with van der Waals surface area (Å²) in [5, 5.41) is 3.61. The number of halogens is 1. The van der Waals surface area contributed by atoms with Crippen molar-refractivity contribution in [3.63, 3.8) is 0 Å². The van der Waals surface area contributed by atoms with Gasteiger partial charge >= 0.3 is 0 Å². The van der Waals surface area contributed by atoms with Crippen LogP contribution in [0.1, 0.15) is 23.0 Å². The molecule has 0 unspecified atom stereocenters. The van der Waals surface area contributed by atoms with Crippen LogP contribution >= 0.6 is 15.9 Å². The van der Waals surface area contributed by atoms with E-state index in [1.807, 2.05) is 54.3 Å². The molecule has 24 heavy (non-hydrogen) atoms. The van der Waals surface area contributed by atoms with Crippen molar-refractivity contribution in [2.24, 2.45) is 7.05 Å². The van der Waals surface area contributed by atoms with Crippen molar-refractivity contribution in [3.05, 3.63) is 82.3 Å². The van der Waals surface area contributed by atoms with Crippen molar-refractivity contribution in [2.75, 3.05) is 7.11 Å². The normalized spacial score (nSPS) is 12.1. The Balaban J connectivity index is 1.88. The zero-order valence-corrected chi connectivity index (χ0v) is 15.3. The highest BCUT2D eigenvalue weighted by atomic mass is 79.9. The summed E-state index contributed by atoms with van der Waals surface area (Å²) in [5.41, 5.74) is 2.28. The van der Waals surface area contributed by atoms with Gasteiger partial charge in [-0.2, -0.15) is 0 Å². The van der Waals surface area contributed by atoms with E-state index in [4.69, 9.17) is 4.74 Å². The van der Waals surface area contributed by atoms with Crippen LogP contribution in [-0.4, -0.2) is 16.7 Å². The Labute approximate surface area is 150 Å². The van der Waals surface area contributed by atoms with Crippen LogP contribution in [0.5, 0.6) is 5.75 Å². The number of aromatic nitrogens is 2. The highest BCUT2D eigenvalue weighted by Crippen LogP contribution is 2.25.